The van der Waals surface area contributed by atoms with Crippen LogP contribution in [0.5, 0.6) is 0 Å². The van der Waals surface area contributed by atoms with Crippen LogP contribution in [0.3, 0.4) is 0 Å². The molecule has 2 heterocycles. The Kier molecular flexibility index (Phi) is 4.53. The first-order valence-corrected chi connectivity index (χ1v) is 7.38. The Hall–Kier alpha value is -1.00. The molecule has 4 nitrogen and oxygen atoms in total. The van der Waals surface area contributed by atoms with Crippen molar-refractivity contribution < 1.29 is 4.74 Å². The van der Waals surface area contributed by atoms with Gasteiger partial charge in [0, 0.05) is 37.4 Å². The van der Waals surface area contributed by atoms with Gasteiger partial charge in [0.2, 0.25) is 0 Å². The van der Waals surface area contributed by atoms with Gasteiger partial charge in [0.15, 0.2) is 5.82 Å². The van der Waals surface area contributed by atoms with E-state index < -0.39 is 0 Å². The zero-order valence-electron chi connectivity index (χ0n) is 12.5. The van der Waals surface area contributed by atoms with E-state index in [1.807, 2.05) is 6.92 Å². The molecule has 0 bridgehead atoms. The van der Waals surface area contributed by atoms with Crippen LogP contribution in [0.15, 0.2) is 0 Å². The fourth-order valence-corrected chi connectivity index (χ4v) is 2.83. The molecule has 0 fully saturated rings. The van der Waals surface area contributed by atoms with Crippen LogP contribution in [-0.4, -0.2) is 23.1 Å². The van der Waals surface area contributed by atoms with E-state index in [0.717, 1.165) is 43.9 Å². The SMILES string of the molecule is CCOC(CC)(CC)c1nc(C)c2c(n1)CCNC2. The molecule has 0 atom stereocenters. The molecule has 1 aliphatic heterocycles. The van der Waals surface area contributed by atoms with Crippen molar-refractivity contribution >= 4 is 0 Å². The molecule has 4 heteroatoms. The molecule has 1 aliphatic rings. The zero-order chi connectivity index (χ0) is 13.9. The lowest BCUT2D eigenvalue weighted by Gasteiger charge is -2.31. The van der Waals surface area contributed by atoms with E-state index in [1.54, 1.807) is 0 Å². The van der Waals surface area contributed by atoms with E-state index in [9.17, 15) is 0 Å². The summed E-state index contributed by atoms with van der Waals surface area (Å²) in [7, 11) is 0. The molecule has 1 aromatic rings. The van der Waals surface area contributed by atoms with Crippen LogP contribution in [0.4, 0.5) is 0 Å². The molecule has 0 radical (unpaired) electrons. The molecule has 0 unspecified atom stereocenters. The van der Waals surface area contributed by atoms with Crippen molar-refractivity contribution in [2.45, 2.75) is 59.1 Å². The summed E-state index contributed by atoms with van der Waals surface area (Å²) in [5.41, 5.74) is 3.25. The fourth-order valence-electron chi connectivity index (χ4n) is 2.83. The molecule has 19 heavy (non-hydrogen) atoms. The summed E-state index contributed by atoms with van der Waals surface area (Å²) < 4.78 is 6.02. The van der Waals surface area contributed by atoms with Crippen LogP contribution < -0.4 is 5.32 Å². The summed E-state index contributed by atoms with van der Waals surface area (Å²) in [4.78, 5) is 9.57. The maximum Gasteiger partial charge on any atom is 0.160 e. The first kappa shape index (κ1) is 14.4. The topological polar surface area (TPSA) is 47.0 Å². The van der Waals surface area contributed by atoms with Crippen molar-refractivity contribution in [3.63, 3.8) is 0 Å². The van der Waals surface area contributed by atoms with Gasteiger partial charge in [0.05, 0.1) is 5.69 Å². The largest absolute Gasteiger partial charge is 0.367 e. The standard InChI is InChI=1S/C15H25N3O/c1-5-15(6-2,19-7-3)14-17-11(4)12-10-16-9-8-13(12)18-14/h16H,5-10H2,1-4H3. The Balaban J connectivity index is 2.46. The predicted octanol–water partition coefficient (Wildman–Crippen LogP) is 2.48. The number of fused-ring (bicyclic) bond motifs is 1. The average Bonchev–Trinajstić information content (AvgIpc) is 2.45. The number of hydrogen-bond donors (Lipinski definition) is 1. The summed E-state index contributed by atoms with van der Waals surface area (Å²) in [6, 6.07) is 0. The molecule has 0 aliphatic carbocycles. The number of nitrogens with zero attached hydrogens (tertiary/aromatic N) is 2. The monoisotopic (exact) mass is 263 g/mol. The average molecular weight is 263 g/mol. The molecule has 0 saturated carbocycles. The second-order valence-electron chi connectivity index (χ2n) is 5.12. The van der Waals surface area contributed by atoms with Crippen LogP contribution in [0.2, 0.25) is 0 Å². The normalized spacial score (nSPS) is 15.4. The molecule has 0 aromatic carbocycles. The molecule has 0 amide bonds. The second kappa shape index (κ2) is 5.97. The van der Waals surface area contributed by atoms with E-state index in [1.165, 1.54) is 11.3 Å². The number of aryl methyl sites for hydroxylation is 1. The Morgan fingerprint density at radius 3 is 2.58 bits per heavy atom. The van der Waals surface area contributed by atoms with E-state index in [-0.39, 0.29) is 5.60 Å². The third kappa shape index (κ3) is 2.65. The third-order valence-corrected chi connectivity index (χ3v) is 4.11. The Morgan fingerprint density at radius 2 is 1.95 bits per heavy atom. The first-order chi connectivity index (χ1) is 9.16. The lowest BCUT2D eigenvalue weighted by molar-refractivity contribution is -0.0574. The molecule has 106 valence electrons. The number of ether oxygens (including phenoxy) is 1. The minimum absolute atomic E-state index is 0.320. The van der Waals surface area contributed by atoms with E-state index >= 15 is 0 Å². The number of rotatable bonds is 5. The van der Waals surface area contributed by atoms with E-state index in [2.05, 4.69) is 26.1 Å². The van der Waals surface area contributed by atoms with Crippen molar-refractivity contribution in [3.8, 4) is 0 Å². The van der Waals surface area contributed by atoms with Crippen LogP contribution in [0.1, 0.15) is 56.4 Å². The number of aromatic nitrogens is 2. The van der Waals surface area contributed by atoms with Gasteiger partial charge in [-0.25, -0.2) is 9.97 Å². The molecule has 2 rings (SSSR count). The van der Waals surface area contributed by atoms with Crippen LogP contribution in [0.25, 0.3) is 0 Å². The van der Waals surface area contributed by atoms with Gasteiger partial charge < -0.3 is 10.1 Å². The van der Waals surface area contributed by atoms with Gasteiger partial charge in [0.1, 0.15) is 5.60 Å². The smallest absolute Gasteiger partial charge is 0.160 e. The summed E-state index contributed by atoms with van der Waals surface area (Å²) >= 11 is 0. The maximum atomic E-state index is 6.02. The van der Waals surface area contributed by atoms with Crippen molar-refractivity contribution in [2.24, 2.45) is 0 Å². The number of nitrogens with one attached hydrogen (secondary N) is 1. The van der Waals surface area contributed by atoms with Crippen LogP contribution in [-0.2, 0) is 23.3 Å². The quantitative estimate of drug-likeness (QED) is 0.886. The third-order valence-electron chi connectivity index (χ3n) is 4.11. The highest BCUT2D eigenvalue weighted by Gasteiger charge is 2.33. The summed E-state index contributed by atoms with van der Waals surface area (Å²) in [6.45, 7) is 11.0. The fraction of sp³-hybridized carbons (Fsp3) is 0.733. The number of hydrogen-bond acceptors (Lipinski definition) is 4. The zero-order valence-corrected chi connectivity index (χ0v) is 12.5. The van der Waals surface area contributed by atoms with Crippen molar-refractivity contribution in [1.82, 2.24) is 15.3 Å². The summed E-state index contributed by atoms with van der Waals surface area (Å²) in [5.74, 6) is 0.873. The van der Waals surface area contributed by atoms with Gasteiger partial charge >= 0.3 is 0 Å². The highest BCUT2D eigenvalue weighted by molar-refractivity contribution is 5.28. The molecule has 0 saturated heterocycles. The van der Waals surface area contributed by atoms with E-state index in [4.69, 9.17) is 14.7 Å². The summed E-state index contributed by atoms with van der Waals surface area (Å²) in [6.07, 6.45) is 2.81. The highest BCUT2D eigenvalue weighted by Crippen LogP contribution is 2.32. The Bertz CT molecular complexity index is 441. The van der Waals surface area contributed by atoms with Gasteiger partial charge in [0.25, 0.3) is 0 Å². The molecule has 1 N–H and O–H groups in total. The molecular weight excluding hydrogens is 238 g/mol. The molecule has 0 spiro atoms. The second-order valence-corrected chi connectivity index (χ2v) is 5.12. The summed E-state index contributed by atoms with van der Waals surface area (Å²) in [5, 5.41) is 3.38. The van der Waals surface area contributed by atoms with Crippen LogP contribution in [0, 0.1) is 6.92 Å². The molecule has 1 aromatic heterocycles. The highest BCUT2D eigenvalue weighted by atomic mass is 16.5. The van der Waals surface area contributed by atoms with Crippen molar-refractivity contribution in [3.05, 3.63) is 22.8 Å². The lowest BCUT2D eigenvalue weighted by Crippen LogP contribution is -2.34. The first-order valence-electron chi connectivity index (χ1n) is 7.38. The minimum Gasteiger partial charge on any atom is -0.367 e. The predicted molar refractivity (Wildman–Crippen MR) is 76.1 cm³/mol. The lowest BCUT2D eigenvalue weighted by atomic mass is 9.94. The van der Waals surface area contributed by atoms with Gasteiger partial charge in [-0.3, -0.25) is 0 Å². The van der Waals surface area contributed by atoms with Gasteiger partial charge in [-0.2, -0.15) is 0 Å². The molecular formula is C15H25N3O. The van der Waals surface area contributed by atoms with Gasteiger partial charge in [-0.05, 0) is 26.7 Å². The van der Waals surface area contributed by atoms with Gasteiger partial charge in [-0.15, -0.1) is 0 Å². The minimum atomic E-state index is -0.320. The Labute approximate surface area is 116 Å². The maximum absolute atomic E-state index is 6.02. The van der Waals surface area contributed by atoms with Crippen LogP contribution >= 0.6 is 0 Å². The Morgan fingerprint density at radius 1 is 1.21 bits per heavy atom. The van der Waals surface area contributed by atoms with Crippen molar-refractivity contribution in [1.29, 1.82) is 0 Å². The van der Waals surface area contributed by atoms with Crippen molar-refractivity contribution in [2.75, 3.05) is 13.2 Å². The van der Waals surface area contributed by atoms with E-state index in [0.29, 0.717) is 6.61 Å². The van der Waals surface area contributed by atoms with Gasteiger partial charge in [-0.1, -0.05) is 13.8 Å².